The van der Waals surface area contributed by atoms with E-state index in [-0.39, 0.29) is 11.3 Å². The van der Waals surface area contributed by atoms with Gasteiger partial charge in [0.2, 0.25) is 5.95 Å². The van der Waals surface area contributed by atoms with Crippen molar-refractivity contribution >= 4 is 23.2 Å². The minimum Gasteiger partial charge on any atom is -0.324 e. The number of aryl methyl sites for hydroxylation is 1. The Kier molecular flexibility index (Phi) is 4.82. The summed E-state index contributed by atoms with van der Waals surface area (Å²) >= 11 is 0. The minimum atomic E-state index is -0.0902. The van der Waals surface area contributed by atoms with Crippen molar-refractivity contribution in [3.8, 4) is 0 Å². The number of para-hydroxylation sites is 2. The van der Waals surface area contributed by atoms with Gasteiger partial charge in [0.1, 0.15) is 5.69 Å². The molecule has 4 rings (SSSR count). The van der Waals surface area contributed by atoms with E-state index < -0.39 is 0 Å². The van der Waals surface area contributed by atoms with E-state index >= 15 is 0 Å². The molecule has 5 nitrogen and oxygen atoms in total. The maximum absolute atomic E-state index is 13.2. The Balaban J connectivity index is 1.65. The molecule has 0 spiro atoms. The molecule has 1 aliphatic heterocycles. The Morgan fingerprint density at radius 3 is 2.55 bits per heavy atom. The van der Waals surface area contributed by atoms with Gasteiger partial charge in [-0.15, -0.1) is 0 Å². The Hall–Kier alpha value is -3.21. The number of carbonyl (C=O) groups excluding carboxylic acids is 1. The molecule has 0 aliphatic carbocycles. The zero-order chi connectivity index (χ0) is 20.6. The Morgan fingerprint density at radius 2 is 1.76 bits per heavy atom. The molecule has 0 radical (unpaired) electrons. The van der Waals surface area contributed by atoms with Gasteiger partial charge in [-0.05, 0) is 48.1 Å². The summed E-state index contributed by atoms with van der Waals surface area (Å²) in [6, 6.07) is 17.9. The quantitative estimate of drug-likeness (QED) is 0.686. The SMILES string of the molecule is Cc1cc(C(=O)N2CCc3ccccc32)nc(Nc2ccccc2C(C)(C)C)n1. The lowest BCUT2D eigenvalue weighted by molar-refractivity contribution is 0.0984. The molecule has 1 aromatic heterocycles. The van der Waals surface area contributed by atoms with Crippen LogP contribution in [0.25, 0.3) is 0 Å². The first kappa shape index (κ1) is 19.1. The average Bonchev–Trinajstić information content (AvgIpc) is 3.10. The van der Waals surface area contributed by atoms with Crippen LogP contribution < -0.4 is 10.2 Å². The van der Waals surface area contributed by atoms with Crippen LogP contribution in [0.3, 0.4) is 0 Å². The van der Waals surface area contributed by atoms with Crippen molar-refractivity contribution in [1.29, 1.82) is 0 Å². The van der Waals surface area contributed by atoms with Crippen molar-refractivity contribution in [1.82, 2.24) is 9.97 Å². The van der Waals surface area contributed by atoms with Crippen molar-refractivity contribution in [2.24, 2.45) is 0 Å². The molecule has 1 amide bonds. The minimum absolute atomic E-state index is 0.0225. The Bertz CT molecular complexity index is 1070. The van der Waals surface area contributed by atoms with Gasteiger partial charge in [-0.3, -0.25) is 4.79 Å². The topological polar surface area (TPSA) is 58.1 Å². The maximum atomic E-state index is 13.2. The molecule has 148 valence electrons. The van der Waals surface area contributed by atoms with Crippen LogP contribution >= 0.6 is 0 Å². The van der Waals surface area contributed by atoms with Crippen molar-refractivity contribution in [3.63, 3.8) is 0 Å². The number of hydrogen-bond acceptors (Lipinski definition) is 4. The van der Waals surface area contributed by atoms with Gasteiger partial charge < -0.3 is 10.2 Å². The molecule has 1 aliphatic rings. The van der Waals surface area contributed by atoms with E-state index in [0.29, 0.717) is 18.2 Å². The number of nitrogens with one attached hydrogen (secondary N) is 1. The normalized spacial score (nSPS) is 13.3. The molecule has 5 heteroatoms. The number of rotatable bonds is 3. The summed E-state index contributed by atoms with van der Waals surface area (Å²) in [6.45, 7) is 9.08. The zero-order valence-corrected chi connectivity index (χ0v) is 17.4. The second-order valence-corrected chi connectivity index (χ2v) is 8.47. The fourth-order valence-corrected chi connectivity index (χ4v) is 3.79. The molecule has 29 heavy (non-hydrogen) atoms. The van der Waals surface area contributed by atoms with Gasteiger partial charge in [-0.25, -0.2) is 9.97 Å². The highest BCUT2D eigenvalue weighted by Crippen LogP contribution is 2.31. The van der Waals surface area contributed by atoms with Crippen LogP contribution in [0.4, 0.5) is 17.3 Å². The highest BCUT2D eigenvalue weighted by atomic mass is 16.2. The predicted octanol–water partition coefficient (Wildman–Crippen LogP) is 5.03. The van der Waals surface area contributed by atoms with Gasteiger partial charge in [0.05, 0.1) is 0 Å². The summed E-state index contributed by atoms with van der Waals surface area (Å²) in [4.78, 5) is 24.1. The fourth-order valence-electron chi connectivity index (χ4n) is 3.79. The van der Waals surface area contributed by atoms with Crippen molar-refractivity contribution in [2.45, 2.75) is 39.5 Å². The lowest BCUT2D eigenvalue weighted by Crippen LogP contribution is -2.30. The number of nitrogens with zero attached hydrogens (tertiary/aromatic N) is 3. The van der Waals surface area contributed by atoms with Crippen LogP contribution in [0.1, 0.15) is 48.1 Å². The molecule has 2 heterocycles. The van der Waals surface area contributed by atoms with Gasteiger partial charge in [0.15, 0.2) is 0 Å². The number of carbonyl (C=O) groups is 1. The molecule has 0 bridgehead atoms. The van der Waals surface area contributed by atoms with E-state index in [1.165, 1.54) is 11.1 Å². The van der Waals surface area contributed by atoms with Crippen molar-refractivity contribution in [3.05, 3.63) is 77.1 Å². The van der Waals surface area contributed by atoms with Gasteiger partial charge in [0.25, 0.3) is 5.91 Å². The third-order valence-electron chi connectivity index (χ3n) is 5.19. The van der Waals surface area contributed by atoms with Crippen LogP contribution in [-0.2, 0) is 11.8 Å². The number of amides is 1. The van der Waals surface area contributed by atoms with Gasteiger partial charge >= 0.3 is 0 Å². The Labute approximate surface area is 171 Å². The number of hydrogen-bond donors (Lipinski definition) is 1. The van der Waals surface area contributed by atoms with Crippen LogP contribution in [0.5, 0.6) is 0 Å². The highest BCUT2D eigenvalue weighted by molar-refractivity contribution is 6.06. The number of anilines is 3. The largest absolute Gasteiger partial charge is 0.324 e. The molecule has 0 saturated heterocycles. The Morgan fingerprint density at radius 1 is 1.03 bits per heavy atom. The van der Waals surface area contributed by atoms with Crippen LogP contribution in [0.2, 0.25) is 0 Å². The van der Waals surface area contributed by atoms with Crippen LogP contribution in [-0.4, -0.2) is 22.4 Å². The standard InChI is InChI=1S/C24H26N4O/c1-16-15-20(22(29)28-14-13-17-9-5-8-12-21(17)28)27-23(25-16)26-19-11-7-6-10-18(19)24(2,3)4/h5-12,15H,13-14H2,1-4H3,(H,25,26,27). The van der Waals surface area contributed by atoms with E-state index in [9.17, 15) is 4.79 Å². The van der Waals surface area contributed by atoms with Gasteiger partial charge in [-0.2, -0.15) is 0 Å². The molecular formula is C24H26N4O. The molecular weight excluding hydrogens is 360 g/mol. The smallest absolute Gasteiger partial charge is 0.277 e. The fraction of sp³-hybridized carbons (Fsp3) is 0.292. The second-order valence-electron chi connectivity index (χ2n) is 8.47. The number of fused-ring (bicyclic) bond motifs is 1. The van der Waals surface area contributed by atoms with Crippen molar-refractivity contribution < 1.29 is 4.79 Å². The number of benzene rings is 2. The summed E-state index contributed by atoms with van der Waals surface area (Å²) in [5, 5.41) is 3.33. The summed E-state index contributed by atoms with van der Waals surface area (Å²) in [5.41, 5.74) is 5.44. The van der Waals surface area contributed by atoms with E-state index in [0.717, 1.165) is 23.5 Å². The van der Waals surface area contributed by atoms with Crippen LogP contribution in [0, 0.1) is 6.92 Å². The first-order chi connectivity index (χ1) is 13.8. The summed E-state index contributed by atoms with van der Waals surface area (Å²) in [5.74, 6) is 0.352. The first-order valence-electron chi connectivity index (χ1n) is 9.95. The highest BCUT2D eigenvalue weighted by Gasteiger charge is 2.26. The van der Waals surface area contributed by atoms with Gasteiger partial charge in [-0.1, -0.05) is 57.2 Å². The molecule has 1 N–H and O–H groups in total. The van der Waals surface area contributed by atoms with Gasteiger partial charge in [0, 0.05) is 23.6 Å². The molecule has 2 aromatic carbocycles. The molecule has 0 unspecified atom stereocenters. The van der Waals surface area contributed by atoms with Crippen LogP contribution in [0.15, 0.2) is 54.6 Å². The summed E-state index contributed by atoms with van der Waals surface area (Å²) < 4.78 is 0. The maximum Gasteiger partial charge on any atom is 0.277 e. The molecule has 0 fully saturated rings. The molecule has 0 saturated carbocycles. The zero-order valence-electron chi connectivity index (χ0n) is 17.4. The van der Waals surface area contributed by atoms with E-state index in [4.69, 9.17) is 0 Å². The predicted molar refractivity (Wildman–Crippen MR) is 117 cm³/mol. The third kappa shape index (κ3) is 3.86. The van der Waals surface area contributed by atoms with E-state index in [1.54, 1.807) is 6.07 Å². The summed E-state index contributed by atoms with van der Waals surface area (Å²) in [7, 11) is 0. The average molecular weight is 386 g/mol. The van der Waals surface area contributed by atoms with E-state index in [2.05, 4.69) is 48.2 Å². The molecule has 3 aromatic rings. The second kappa shape index (κ2) is 7.32. The van der Waals surface area contributed by atoms with Crippen molar-refractivity contribution in [2.75, 3.05) is 16.8 Å². The number of aromatic nitrogens is 2. The lowest BCUT2D eigenvalue weighted by atomic mass is 9.86. The monoisotopic (exact) mass is 386 g/mol. The first-order valence-corrected chi connectivity index (χ1v) is 9.95. The summed E-state index contributed by atoms with van der Waals surface area (Å²) in [6.07, 6.45) is 0.871. The van der Waals surface area contributed by atoms with E-state index in [1.807, 2.05) is 48.2 Å². The molecule has 0 atom stereocenters. The lowest BCUT2D eigenvalue weighted by Gasteiger charge is -2.23. The third-order valence-corrected chi connectivity index (χ3v) is 5.19.